The SMILES string of the molecule is OC1CNCC1Oc1ccc(Oc2ccccc2)cc1. The number of rotatable bonds is 4. The molecule has 1 aliphatic heterocycles. The molecule has 2 N–H and O–H groups in total. The van der Waals surface area contributed by atoms with Crippen LogP contribution in [0.15, 0.2) is 54.6 Å². The van der Waals surface area contributed by atoms with Gasteiger partial charge in [0.25, 0.3) is 0 Å². The molecular weight excluding hydrogens is 254 g/mol. The van der Waals surface area contributed by atoms with Crippen LogP contribution in [0.3, 0.4) is 0 Å². The van der Waals surface area contributed by atoms with Gasteiger partial charge in [-0.3, -0.25) is 0 Å². The molecule has 4 heteroatoms. The number of benzene rings is 2. The third kappa shape index (κ3) is 3.10. The van der Waals surface area contributed by atoms with Gasteiger partial charge in [0.1, 0.15) is 29.5 Å². The van der Waals surface area contributed by atoms with Gasteiger partial charge in [0.05, 0.1) is 0 Å². The number of ether oxygens (including phenoxy) is 2. The zero-order valence-electron chi connectivity index (χ0n) is 11.0. The van der Waals surface area contributed by atoms with Crippen LogP contribution in [0, 0.1) is 0 Å². The fourth-order valence-electron chi connectivity index (χ4n) is 2.15. The highest BCUT2D eigenvalue weighted by Crippen LogP contribution is 2.24. The van der Waals surface area contributed by atoms with Crippen molar-refractivity contribution in [1.82, 2.24) is 5.32 Å². The van der Waals surface area contributed by atoms with Gasteiger partial charge in [-0.15, -0.1) is 0 Å². The second kappa shape index (κ2) is 5.94. The van der Waals surface area contributed by atoms with Gasteiger partial charge in [-0.25, -0.2) is 0 Å². The molecule has 104 valence electrons. The average Bonchev–Trinajstić information content (AvgIpc) is 2.88. The van der Waals surface area contributed by atoms with E-state index in [-0.39, 0.29) is 6.10 Å². The van der Waals surface area contributed by atoms with E-state index in [9.17, 15) is 5.11 Å². The summed E-state index contributed by atoms with van der Waals surface area (Å²) in [5, 5.41) is 12.8. The highest BCUT2D eigenvalue weighted by atomic mass is 16.5. The lowest BCUT2D eigenvalue weighted by Crippen LogP contribution is -2.29. The fraction of sp³-hybridized carbons (Fsp3) is 0.250. The Hall–Kier alpha value is -2.04. The number of aliphatic hydroxyl groups is 1. The van der Waals surface area contributed by atoms with E-state index in [2.05, 4.69) is 5.32 Å². The van der Waals surface area contributed by atoms with E-state index < -0.39 is 6.10 Å². The third-order valence-corrected chi connectivity index (χ3v) is 3.22. The lowest BCUT2D eigenvalue weighted by Gasteiger charge is -2.16. The molecule has 2 aromatic rings. The van der Waals surface area contributed by atoms with Gasteiger partial charge in [0.15, 0.2) is 0 Å². The Bertz CT molecular complexity index is 541. The summed E-state index contributed by atoms with van der Waals surface area (Å²) >= 11 is 0. The molecule has 0 bridgehead atoms. The Balaban J connectivity index is 1.62. The molecule has 0 spiro atoms. The van der Waals surface area contributed by atoms with Gasteiger partial charge in [0, 0.05) is 13.1 Å². The molecule has 3 rings (SSSR count). The zero-order valence-corrected chi connectivity index (χ0v) is 11.0. The molecule has 2 atom stereocenters. The topological polar surface area (TPSA) is 50.7 Å². The monoisotopic (exact) mass is 271 g/mol. The van der Waals surface area contributed by atoms with E-state index in [1.54, 1.807) is 0 Å². The van der Waals surface area contributed by atoms with E-state index in [4.69, 9.17) is 9.47 Å². The Kier molecular flexibility index (Phi) is 3.85. The largest absolute Gasteiger partial charge is 0.486 e. The molecule has 0 aromatic heterocycles. The maximum atomic E-state index is 9.69. The summed E-state index contributed by atoms with van der Waals surface area (Å²) in [4.78, 5) is 0. The molecule has 1 fully saturated rings. The van der Waals surface area contributed by atoms with Gasteiger partial charge in [0.2, 0.25) is 0 Å². The van der Waals surface area contributed by atoms with Crippen LogP contribution < -0.4 is 14.8 Å². The Morgan fingerprint density at radius 3 is 2.15 bits per heavy atom. The van der Waals surface area contributed by atoms with Crippen LogP contribution in [0.1, 0.15) is 0 Å². The van der Waals surface area contributed by atoms with Gasteiger partial charge in [-0.1, -0.05) is 18.2 Å². The van der Waals surface area contributed by atoms with Gasteiger partial charge < -0.3 is 19.9 Å². The minimum Gasteiger partial charge on any atom is -0.486 e. The van der Waals surface area contributed by atoms with E-state index in [0.29, 0.717) is 13.1 Å². The van der Waals surface area contributed by atoms with Crippen molar-refractivity contribution in [2.24, 2.45) is 0 Å². The number of hydrogen-bond donors (Lipinski definition) is 2. The van der Waals surface area contributed by atoms with Crippen LogP contribution in [0.5, 0.6) is 17.2 Å². The number of para-hydroxylation sites is 1. The molecule has 1 heterocycles. The number of β-amino-alcohol motifs (C(OH)–C–C–N with tert-alkyl or cyclic N) is 1. The van der Waals surface area contributed by atoms with Crippen LogP contribution in [0.4, 0.5) is 0 Å². The maximum absolute atomic E-state index is 9.69. The lowest BCUT2D eigenvalue weighted by molar-refractivity contribution is 0.0737. The second-order valence-electron chi connectivity index (χ2n) is 4.77. The molecule has 0 saturated carbocycles. The van der Waals surface area contributed by atoms with E-state index in [0.717, 1.165) is 17.2 Å². The Labute approximate surface area is 118 Å². The first-order valence-electron chi connectivity index (χ1n) is 6.70. The minimum absolute atomic E-state index is 0.184. The summed E-state index contributed by atoms with van der Waals surface area (Å²) < 4.78 is 11.4. The second-order valence-corrected chi connectivity index (χ2v) is 4.77. The fourth-order valence-corrected chi connectivity index (χ4v) is 2.15. The van der Waals surface area contributed by atoms with Crippen molar-refractivity contribution < 1.29 is 14.6 Å². The molecule has 2 unspecified atom stereocenters. The first-order valence-corrected chi connectivity index (χ1v) is 6.70. The van der Waals surface area contributed by atoms with Crippen molar-refractivity contribution in [2.45, 2.75) is 12.2 Å². The molecule has 0 amide bonds. The summed E-state index contributed by atoms with van der Waals surface area (Å²) in [6.07, 6.45) is -0.633. The number of hydrogen-bond acceptors (Lipinski definition) is 4. The standard InChI is InChI=1S/C16H17NO3/c18-15-10-17-11-16(15)20-14-8-6-13(7-9-14)19-12-4-2-1-3-5-12/h1-9,15-18H,10-11H2. The summed E-state index contributed by atoms with van der Waals surface area (Å²) in [5.41, 5.74) is 0. The van der Waals surface area contributed by atoms with Crippen molar-refractivity contribution >= 4 is 0 Å². The van der Waals surface area contributed by atoms with Crippen LogP contribution >= 0.6 is 0 Å². The third-order valence-electron chi connectivity index (χ3n) is 3.22. The zero-order chi connectivity index (χ0) is 13.8. The number of aliphatic hydroxyl groups excluding tert-OH is 1. The van der Waals surface area contributed by atoms with Crippen molar-refractivity contribution in [3.8, 4) is 17.2 Å². The first kappa shape index (κ1) is 13.0. The normalized spacial score (nSPS) is 21.6. The van der Waals surface area contributed by atoms with E-state index in [1.165, 1.54) is 0 Å². The summed E-state index contributed by atoms with van der Waals surface area (Å²) in [7, 11) is 0. The van der Waals surface area contributed by atoms with Crippen LogP contribution in [-0.2, 0) is 0 Å². The molecule has 0 aliphatic carbocycles. The molecule has 1 aliphatic rings. The van der Waals surface area contributed by atoms with Crippen molar-refractivity contribution in [1.29, 1.82) is 0 Å². The van der Waals surface area contributed by atoms with Crippen molar-refractivity contribution in [3.63, 3.8) is 0 Å². The molecule has 1 saturated heterocycles. The summed E-state index contributed by atoms with van der Waals surface area (Å²) in [6, 6.07) is 17.0. The van der Waals surface area contributed by atoms with Crippen molar-refractivity contribution in [3.05, 3.63) is 54.6 Å². The molecular formula is C16H17NO3. The van der Waals surface area contributed by atoms with Crippen molar-refractivity contribution in [2.75, 3.05) is 13.1 Å². The van der Waals surface area contributed by atoms with Crippen LogP contribution in [-0.4, -0.2) is 30.4 Å². The predicted molar refractivity (Wildman–Crippen MR) is 76.3 cm³/mol. The van der Waals surface area contributed by atoms with E-state index >= 15 is 0 Å². The van der Waals surface area contributed by atoms with Crippen LogP contribution in [0.25, 0.3) is 0 Å². The molecule has 4 nitrogen and oxygen atoms in total. The predicted octanol–water partition coefficient (Wildman–Crippen LogP) is 2.19. The Morgan fingerprint density at radius 1 is 0.850 bits per heavy atom. The maximum Gasteiger partial charge on any atom is 0.138 e. The van der Waals surface area contributed by atoms with Crippen LogP contribution in [0.2, 0.25) is 0 Å². The lowest BCUT2D eigenvalue weighted by atomic mass is 10.2. The highest BCUT2D eigenvalue weighted by molar-refractivity contribution is 5.35. The first-order chi connectivity index (χ1) is 9.81. The molecule has 20 heavy (non-hydrogen) atoms. The average molecular weight is 271 g/mol. The minimum atomic E-state index is -0.449. The summed E-state index contributed by atoms with van der Waals surface area (Å²) in [6.45, 7) is 1.25. The van der Waals surface area contributed by atoms with E-state index in [1.807, 2.05) is 54.6 Å². The smallest absolute Gasteiger partial charge is 0.138 e. The molecule has 0 radical (unpaired) electrons. The van der Waals surface area contributed by atoms with Gasteiger partial charge >= 0.3 is 0 Å². The number of nitrogens with one attached hydrogen (secondary N) is 1. The summed E-state index contributed by atoms with van der Waals surface area (Å²) in [5.74, 6) is 2.29. The Morgan fingerprint density at radius 2 is 1.50 bits per heavy atom. The molecule has 2 aromatic carbocycles. The highest BCUT2D eigenvalue weighted by Gasteiger charge is 2.26. The van der Waals surface area contributed by atoms with Gasteiger partial charge in [-0.05, 0) is 36.4 Å². The quantitative estimate of drug-likeness (QED) is 0.895. The van der Waals surface area contributed by atoms with Gasteiger partial charge in [-0.2, -0.15) is 0 Å².